The van der Waals surface area contributed by atoms with Crippen molar-refractivity contribution in [1.82, 2.24) is 14.7 Å². The van der Waals surface area contributed by atoms with Gasteiger partial charge in [0.1, 0.15) is 0 Å². The fourth-order valence-corrected chi connectivity index (χ4v) is 2.85. The Morgan fingerprint density at radius 3 is 2.91 bits per heavy atom. The van der Waals surface area contributed by atoms with Gasteiger partial charge in [-0.1, -0.05) is 6.92 Å². The van der Waals surface area contributed by atoms with E-state index in [2.05, 4.69) is 10.4 Å². The Morgan fingerprint density at radius 1 is 1.52 bits per heavy atom. The van der Waals surface area contributed by atoms with E-state index in [1.54, 1.807) is 29.0 Å². The summed E-state index contributed by atoms with van der Waals surface area (Å²) in [4.78, 5) is 25.1. The van der Waals surface area contributed by atoms with Gasteiger partial charge in [0.25, 0.3) is 0 Å². The molecule has 2 heterocycles. The lowest BCUT2D eigenvalue weighted by Crippen LogP contribution is -2.47. The summed E-state index contributed by atoms with van der Waals surface area (Å²) in [5.74, 6) is -0.756. The highest BCUT2D eigenvalue weighted by molar-refractivity contribution is 5.88. The van der Waals surface area contributed by atoms with E-state index < -0.39 is 11.9 Å². The third kappa shape index (κ3) is 4.44. The van der Waals surface area contributed by atoms with Crippen LogP contribution in [0.1, 0.15) is 26.3 Å². The summed E-state index contributed by atoms with van der Waals surface area (Å²) in [5, 5.41) is 16.2. The van der Waals surface area contributed by atoms with Crippen molar-refractivity contribution in [2.45, 2.75) is 26.3 Å². The van der Waals surface area contributed by atoms with Crippen LogP contribution in [-0.2, 0) is 9.53 Å². The fourth-order valence-electron chi connectivity index (χ4n) is 2.85. The maximum Gasteiger partial charge on any atom is 0.323 e. The minimum absolute atomic E-state index is 0.0667. The lowest BCUT2D eigenvalue weighted by atomic mass is 9.91. The number of methoxy groups -OCH3 is 1. The lowest BCUT2D eigenvalue weighted by molar-refractivity contribution is -0.143. The normalized spacial score (nSPS) is 22.7. The Bertz CT molecular complexity index is 559. The number of hydrogen-bond donors (Lipinski definition) is 2. The number of aromatic nitrogens is 2. The molecular formula is C15H24N4O4. The number of piperidine rings is 1. The molecule has 0 aliphatic carbocycles. The third-order valence-corrected chi connectivity index (χ3v) is 4.00. The van der Waals surface area contributed by atoms with Crippen LogP contribution >= 0.6 is 0 Å². The molecule has 0 bridgehead atoms. The van der Waals surface area contributed by atoms with Gasteiger partial charge in [-0.15, -0.1) is 0 Å². The van der Waals surface area contributed by atoms with Crippen LogP contribution in [0.2, 0.25) is 0 Å². The van der Waals surface area contributed by atoms with E-state index in [4.69, 9.17) is 4.74 Å². The number of carboxylic acids is 1. The number of hydrogen-bond acceptors (Lipinski definition) is 4. The number of urea groups is 1. The van der Waals surface area contributed by atoms with Crippen molar-refractivity contribution >= 4 is 17.8 Å². The molecule has 1 aromatic heterocycles. The molecule has 2 amide bonds. The number of nitrogens with one attached hydrogen (secondary N) is 1. The van der Waals surface area contributed by atoms with Crippen LogP contribution in [0.5, 0.6) is 0 Å². The smallest absolute Gasteiger partial charge is 0.323 e. The first-order chi connectivity index (χ1) is 10.9. The van der Waals surface area contributed by atoms with E-state index >= 15 is 0 Å². The Labute approximate surface area is 135 Å². The molecular weight excluding hydrogens is 300 g/mol. The van der Waals surface area contributed by atoms with E-state index in [0.29, 0.717) is 25.4 Å². The molecule has 1 fully saturated rings. The molecule has 8 nitrogen and oxygen atoms in total. The molecule has 2 rings (SSSR count). The summed E-state index contributed by atoms with van der Waals surface area (Å²) in [5.41, 5.74) is 0. The van der Waals surface area contributed by atoms with Crippen LogP contribution in [-0.4, -0.2) is 58.6 Å². The second kappa shape index (κ2) is 7.45. The van der Waals surface area contributed by atoms with Crippen LogP contribution in [0.3, 0.4) is 0 Å². The average Bonchev–Trinajstić information content (AvgIpc) is 2.95. The van der Waals surface area contributed by atoms with E-state index in [1.807, 2.05) is 13.8 Å². The maximum atomic E-state index is 12.3. The molecule has 1 aromatic rings. The quantitative estimate of drug-likeness (QED) is 0.858. The Hall–Kier alpha value is -2.09. The summed E-state index contributed by atoms with van der Waals surface area (Å²) in [6.45, 7) is 5.23. The molecule has 1 aliphatic rings. The van der Waals surface area contributed by atoms with E-state index in [0.717, 1.165) is 0 Å². The first-order valence-corrected chi connectivity index (χ1v) is 7.73. The van der Waals surface area contributed by atoms with E-state index in [-0.39, 0.29) is 24.5 Å². The van der Waals surface area contributed by atoms with Crippen LogP contribution in [0.25, 0.3) is 0 Å². The van der Waals surface area contributed by atoms with Gasteiger partial charge in [-0.3, -0.25) is 14.8 Å². The molecule has 0 aromatic carbocycles. The lowest BCUT2D eigenvalue weighted by Gasteiger charge is -2.34. The highest BCUT2D eigenvalue weighted by atomic mass is 16.5. The van der Waals surface area contributed by atoms with Crippen molar-refractivity contribution in [3.63, 3.8) is 0 Å². The summed E-state index contributed by atoms with van der Waals surface area (Å²) >= 11 is 0. The Balaban J connectivity index is 1.97. The van der Waals surface area contributed by atoms with Crippen LogP contribution in [0.4, 0.5) is 10.6 Å². The van der Waals surface area contributed by atoms with Gasteiger partial charge in [-0.2, -0.15) is 5.10 Å². The van der Waals surface area contributed by atoms with Crippen LogP contribution in [0, 0.1) is 11.8 Å². The molecule has 1 aliphatic heterocycles. The van der Waals surface area contributed by atoms with Crippen molar-refractivity contribution in [3.05, 3.63) is 12.3 Å². The molecule has 8 heteroatoms. The molecule has 128 valence electrons. The fraction of sp³-hybridized carbons (Fsp3) is 0.667. The summed E-state index contributed by atoms with van der Waals surface area (Å²) < 4.78 is 6.80. The van der Waals surface area contributed by atoms with Gasteiger partial charge in [0.05, 0.1) is 18.6 Å². The molecule has 3 atom stereocenters. The highest BCUT2D eigenvalue weighted by Crippen LogP contribution is 2.22. The number of rotatable bonds is 5. The topological polar surface area (TPSA) is 96.7 Å². The van der Waals surface area contributed by atoms with Crippen molar-refractivity contribution in [2.24, 2.45) is 11.8 Å². The largest absolute Gasteiger partial charge is 0.481 e. The van der Waals surface area contributed by atoms with E-state index in [1.165, 1.54) is 0 Å². The van der Waals surface area contributed by atoms with Crippen molar-refractivity contribution in [3.8, 4) is 0 Å². The summed E-state index contributed by atoms with van der Waals surface area (Å²) in [7, 11) is 1.62. The molecule has 0 spiro atoms. The number of amides is 2. The van der Waals surface area contributed by atoms with Gasteiger partial charge >= 0.3 is 12.0 Å². The molecule has 3 unspecified atom stereocenters. The molecule has 23 heavy (non-hydrogen) atoms. The van der Waals surface area contributed by atoms with Crippen LogP contribution < -0.4 is 5.32 Å². The first-order valence-electron chi connectivity index (χ1n) is 7.73. The number of likely N-dealkylation sites (tertiary alicyclic amines) is 1. The molecule has 0 saturated carbocycles. The predicted octanol–water partition coefficient (Wildman–Crippen LogP) is 1.67. The van der Waals surface area contributed by atoms with E-state index in [9.17, 15) is 14.7 Å². The third-order valence-electron chi connectivity index (χ3n) is 4.00. The number of carbonyl (C=O) groups is 2. The van der Waals surface area contributed by atoms with Gasteiger partial charge < -0.3 is 14.7 Å². The number of anilines is 1. The van der Waals surface area contributed by atoms with Gasteiger partial charge in [-0.05, 0) is 19.3 Å². The van der Waals surface area contributed by atoms with Crippen molar-refractivity contribution in [1.29, 1.82) is 0 Å². The zero-order chi connectivity index (χ0) is 17.0. The number of carbonyl (C=O) groups excluding carboxylic acids is 1. The van der Waals surface area contributed by atoms with Crippen LogP contribution in [0.15, 0.2) is 12.3 Å². The second-order valence-electron chi connectivity index (χ2n) is 6.20. The predicted molar refractivity (Wildman–Crippen MR) is 84.3 cm³/mol. The Morgan fingerprint density at radius 2 is 2.26 bits per heavy atom. The number of aliphatic carboxylic acids is 1. The minimum Gasteiger partial charge on any atom is -0.481 e. The SMILES string of the molecule is COCC(C)n1ccc(NC(=O)N2CC(C)CC(C(=O)O)C2)n1. The molecule has 0 radical (unpaired) electrons. The van der Waals surface area contributed by atoms with Crippen molar-refractivity contribution in [2.75, 3.05) is 32.1 Å². The summed E-state index contributed by atoms with van der Waals surface area (Å²) in [6.07, 6.45) is 2.38. The van der Waals surface area contributed by atoms with Gasteiger partial charge in [0.15, 0.2) is 5.82 Å². The number of ether oxygens (including phenoxy) is 1. The molecule has 1 saturated heterocycles. The summed E-state index contributed by atoms with van der Waals surface area (Å²) in [6, 6.07) is 1.47. The maximum absolute atomic E-state index is 12.3. The van der Waals surface area contributed by atoms with Gasteiger partial charge in [0, 0.05) is 32.5 Å². The van der Waals surface area contributed by atoms with Crippen molar-refractivity contribution < 1.29 is 19.4 Å². The minimum atomic E-state index is -0.855. The second-order valence-corrected chi connectivity index (χ2v) is 6.20. The van der Waals surface area contributed by atoms with Gasteiger partial charge in [-0.25, -0.2) is 4.79 Å². The number of carboxylic acid groups (broad SMARTS) is 1. The monoisotopic (exact) mass is 324 g/mol. The molecule has 2 N–H and O–H groups in total. The Kier molecular flexibility index (Phi) is 5.59. The zero-order valence-corrected chi connectivity index (χ0v) is 13.7. The van der Waals surface area contributed by atoms with Gasteiger partial charge in [0.2, 0.25) is 0 Å². The first kappa shape index (κ1) is 17.3. The number of nitrogens with zero attached hydrogens (tertiary/aromatic N) is 3. The zero-order valence-electron chi connectivity index (χ0n) is 13.7. The average molecular weight is 324 g/mol. The standard InChI is InChI=1S/C15H24N4O4/c1-10-6-12(14(20)21)8-18(7-10)15(22)16-13-4-5-19(17-13)11(2)9-23-3/h4-5,10-12H,6-9H2,1-3H3,(H,20,21)(H,16,17,22). The highest BCUT2D eigenvalue weighted by Gasteiger charge is 2.32.